The van der Waals surface area contributed by atoms with Crippen molar-refractivity contribution in [1.29, 1.82) is 0 Å². The Labute approximate surface area is 121 Å². The summed E-state index contributed by atoms with van der Waals surface area (Å²) in [5, 5.41) is 3.29. The molecule has 0 saturated heterocycles. The van der Waals surface area contributed by atoms with Crippen molar-refractivity contribution in [1.82, 2.24) is 15.3 Å². The molecule has 0 fully saturated rings. The molecule has 1 unspecified atom stereocenters. The summed E-state index contributed by atoms with van der Waals surface area (Å²) < 4.78 is 37.8. The third-order valence-electron chi connectivity index (χ3n) is 3.07. The summed E-state index contributed by atoms with van der Waals surface area (Å²) in [6.45, 7) is 2.77. The average molecular weight is 295 g/mol. The standard InChI is InChI=1S/C15H16F3N3/c1-2-8-20-14(13-7-9-19-10-21-13)11-3-5-12(6-4-11)15(16,17)18/h3-7,9-10,14,20H,2,8H2,1H3. The molecule has 2 aromatic rings. The molecular formula is C15H16F3N3. The number of rotatable bonds is 5. The van der Waals surface area contributed by atoms with E-state index in [0.717, 1.165) is 36.4 Å². The number of alkyl halides is 3. The van der Waals surface area contributed by atoms with E-state index in [4.69, 9.17) is 0 Å². The Balaban J connectivity index is 2.29. The monoisotopic (exact) mass is 295 g/mol. The minimum absolute atomic E-state index is 0.241. The van der Waals surface area contributed by atoms with Gasteiger partial charge in [0.25, 0.3) is 0 Å². The topological polar surface area (TPSA) is 37.8 Å². The van der Waals surface area contributed by atoms with Gasteiger partial charge in [0, 0.05) is 6.20 Å². The van der Waals surface area contributed by atoms with Gasteiger partial charge in [0.15, 0.2) is 0 Å². The highest BCUT2D eigenvalue weighted by atomic mass is 19.4. The Morgan fingerprint density at radius 2 is 1.86 bits per heavy atom. The number of aromatic nitrogens is 2. The van der Waals surface area contributed by atoms with Gasteiger partial charge in [0.1, 0.15) is 6.33 Å². The summed E-state index contributed by atoms with van der Waals surface area (Å²) in [4.78, 5) is 8.04. The van der Waals surface area contributed by atoms with E-state index in [9.17, 15) is 13.2 Å². The maximum absolute atomic E-state index is 12.6. The molecule has 1 heterocycles. The lowest BCUT2D eigenvalue weighted by molar-refractivity contribution is -0.137. The van der Waals surface area contributed by atoms with Gasteiger partial charge in [-0.1, -0.05) is 19.1 Å². The highest BCUT2D eigenvalue weighted by Crippen LogP contribution is 2.30. The van der Waals surface area contributed by atoms with E-state index in [-0.39, 0.29) is 6.04 Å². The van der Waals surface area contributed by atoms with Gasteiger partial charge in [0.05, 0.1) is 17.3 Å². The van der Waals surface area contributed by atoms with E-state index in [1.807, 2.05) is 6.92 Å². The fraction of sp³-hybridized carbons (Fsp3) is 0.333. The third-order valence-corrected chi connectivity index (χ3v) is 3.07. The average Bonchev–Trinajstić information content (AvgIpc) is 2.48. The molecule has 1 aromatic carbocycles. The lowest BCUT2D eigenvalue weighted by Crippen LogP contribution is -2.24. The van der Waals surface area contributed by atoms with Crippen LogP contribution in [0.1, 0.15) is 36.2 Å². The van der Waals surface area contributed by atoms with Crippen molar-refractivity contribution in [3.63, 3.8) is 0 Å². The lowest BCUT2D eigenvalue weighted by Gasteiger charge is -2.19. The zero-order chi connectivity index (χ0) is 15.3. The maximum Gasteiger partial charge on any atom is 0.416 e. The van der Waals surface area contributed by atoms with Crippen LogP contribution >= 0.6 is 0 Å². The van der Waals surface area contributed by atoms with Gasteiger partial charge in [-0.05, 0) is 36.7 Å². The van der Waals surface area contributed by atoms with Crippen LogP contribution in [0.3, 0.4) is 0 Å². The SMILES string of the molecule is CCCNC(c1ccc(C(F)(F)F)cc1)c1ccncn1. The van der Waals surface area contributed by atoms with Crippen molar-refractivity contribution in [3.05, 3.63) is 59.7 Å². The molecule has 112 valence electrons. The molecule has 6 heteroatoms. The van der Waals surface area contributed by atoms with Crippen molar-refractivity contribution in [2.75, 3.05) is 6.54 Å². The van der Waals surface area contributed by atoms with Crippen LogP contribution in [0.2, 0.25) is 0 Å². The summed E-state index contributed by atoms with van der Waals surface area (Å²) >= 11 is 0. The molecule has 21 heavy (non-hydrogen) atoms. The normalized spacial score (nSPS) is 13.1. The molecule has 0 aliphatic carbocycles. The first kappa shape index (κ1) is 15.4. The van der Waals surface area contributed by atoms with E-state index in [0.29, 0.717) is 0 Å². The van der Waals surface area contributed by atoms with Crippen LogP contribution in [0.4, 0.5) is 13.2 Å². The molecule has 1 atom stereocenters. The van der Waals surface area contributed by atoms with E-state index in [1.165, 1.54) is 18.5 Å². The number of nitrogens with zero attached hydrogens (tertiary/aromatic N) is 2. The Hall–Kier alpha value is -1.95. The summed E-state index contributed by atoms with van der Waals surface area (Å²) in [5.74, 6) is 0. The summed E-state index contributed by atoms with van der Waals surface area (Å²) in [5.41, 5.74) is 0.830. The maximum atomic E-state index is 12.6. The number of nitrogens with one attached hydrogen (secondary N) is 1. The van der Waals surface area contributed by atoms with Crippen molar-refractivity contribution in [2.45, 2.75) is 25.6 Å². The van der Waals surface area contributed by atoms with Crippen LogP contribution < -0.4 is 5.32 Å². The molecule has 1 aromatic heterocycles. The van der Waals surface area contributed by atoms with Crippen LogP contribution in [0.15, 0.2) is 42.9 Å². The predicted molar refractivity (Wildman–Crippen MR) is 73.6 cm³/mol. The molecule has 0 saturated carbocycles. The van der Waals surface area contributed by atoms with Crippen LogP contribution in [-0.4, -0.2) is 16.5 Å². The summed E-state index contributed by atoms with van der Waals surface area (Å²) in [6.07, 6.45) is -0.352. The summed E-state index contributed by atoms with van der Waals surface area (Å²) in [7, 11) is 0. The quantitative estimate of drug-likeness (QED) is 0.916. The van der Waals surface area contributed by atoms with Gasteiger partial charge in [-0.2, -0.15) is 13.2 Å². The molecule has 3 nitrogen and oxygen atoms in total. The van der Waals surface area contributed by atoms with Crippen LogP contribution in [-0.2, 0) is 6.18 Å². The highest BCUT2D eigenvalue weighted by Gasteiger charge is 2.30. The van der Waals surface area contributed by atoms with Crippen LogP contribution in [0.25, 0.3) is 0 Å². The molecule has 1 N–H and O–H groups in total. The lowest BCUT2D eigenvalue weighted by atomic mass is 10.0. The third kappa shape index (κ3) is 4.01. The second kappa shape index (κ2) is 6.67. The molecule has 0 bridgehead atoms. The second-order valence-corrected chi connectivity index (χ2v) is 4.64. The number of benzene rings is 1. The van der Waals surface area contributed by atoms with E-state index in [1.54, 1.807) is 12.3 Å². The van der Waals surface area contributed by atoms with Crippen molar-refractivity contribution < 1.29 is 13.2 Å². The molecule has 0 spiro atoms. The molecular weight excluding hydrogens is 279 g/mol. The second-order valence-electron chi connectivity index (χ2n) is 4.64. The fourth-order valence-corrected chi connectivity index (χ4v) is 2.02. The zero-order valence-corrected chi connectivity index (χ0v) is 11.6. The van der Waals surface area contributed by atoms with Crippen molar-refractivity contribution >= 4 is 0 Å². The van der Waals surface area contributed by atoms with Crippen LogP contribution in [0.5, 0.6) is 0 Å². The van der Waals surface area contributed by atoms with Gasteiger partial charge in [-0.25, -0.2) is 9.97 Å². The predicted octanol–water partition coefficient (Wildman–Crippen LogP) is 3.58. The number of hydrogen-bond donors (Lipinski definition) is 1. The van der Waals surface area contributed by atoms with Gasteiger partial charge < -0.3 is 5.32 Å². The van der Waals surface area contributed by atoms with Gasteiger partial charge in [-0.3, -0.25) is 0 Å². The minimum Gasteiger partial charge on any atom is -0.305 e. The van der Waals surface area contributed by atoms with E-state index >= 15 is 0 Å². The minimum atomic E-state index is -4.32. The van der Waals surface area contributed by atoms with Crippen LogP contribution in [0, 0.1) is 0 Å². The molecule has 2 rings (SSSR count). The smallest absolute Gasteiger partial charge is 0.305 e. The zero-order valence-electron chi connectivity index (χ0n) is 11.6. The van der Waals surface area contributed by atoms with Crippen molar-refractivity contribution in [3.8, 4) is 0 Å². The van der Waals surface area contributed by atoms with Crippen molar-refractivity contribution in [2.24, 2.45) is 0 Å². The molecule has 0 amide bonds. The summed E-state index contributed by atoms with van der Waals surface area (Å²) in [6, 6.07) is 6.67. The first-order valence-electron chi connectivity index (χ1n) is 6.69. The first-order valence-corrected chi connectivity index (χ1v) is 6.69. The Kier molecular flexibility index (Phi) is 4.90. The van der Waals surface area contributed by atoms with Gasteiger partial charge >= 0.3 is 6.18 Å². The highest BCUT2D eigenvalue weighted by molar-refractivity contribution is 5.31. The van der Waals surface area contributed by atoms with Gasteiger partial charge in [0.2, 0.25) is 0 Å². The number of hydrogen-bond acceptors (Lipinski definition) is 3. The van der Waals surface area contributed by atoms with Gasteiger partial charge in [-0.15, -0.1) is 0 Å². The van der Waals surface area contributed by atoms with E-state index < -0.39 is 11.7 Å². The number of halogens is 3. The van der Waals surface area contributed by atoms with E-state index in [2.05, 4.69) is 15.3 Å². The molecule has 0 aliphatic heterocycles. The first-order chi connectivity index (χ1) is 10.0. The fourth-order valence-electron chi connectivity index (χ4n) is 2.02. The Morgan fingerprint density at radius 1 is 1.14 bits per heavy atom. The Morgan fingerprint density at radius 3 is 2.38 bits per heavy atom. The Bertz CT molecular complexity index is 553. The largest absolute Gasteiger partial charge is 0.416 e. The molecule has 0 radical (unpaired) electrons. The molecule has 0 aliphatic rings.